The van der Waals surface area contributed by atoms with Crippen molar-refractivity contribution in [2.24, 2.45) is 5.73 Å². The van der Waals surface area contributed by atoms with E-state index in [0.717, 1.165) is 23.5 Å². The monoisotopic (exact) mass is 247 g/mol. The molecule has 2 aromatic rings. The molecule has 0 amide bonds. The van der Waals surface area contributed by atoms with Crippen molar-refractivity contribution in [2.45, 2.75) is 19.4 Å². The van der Waals surface area contributed by atoms with E-state index in [2.05, 4.69) is 10.2 Å². The minimum absolute atomic E-state index is 0.275. The summed E-state index contributed by atoms with van der Waals surface area (Å²) in [5, 5.41) is 7.74. The number of benzene rings is 1. The Hall–Kier alpha value is -2.08. The Kier molecular flexibility index (Phi) is 2.85. The molecule has 2 N–H and O–H groups in total. The van der Waals surface area contributed by atoms with Crippen LogP contribution in [-0.4, -0.2) is 17.0 Å². The maximum absolute atomic E-state index is 5.41. The van der Waals surface area contributed by atoms with Crippen molar-refractivity contribution >= 4 is 0 Å². The Labute approximate surface area is 104 Å². The first-order chi connectivity index (χ1) is 8.85. The smallest absolute Gasteiger partial charge is 0.231 e. The van der Waals surface area contributed by atoms with E-state index < -0.39 is 0 Å². The molecule has 0 saturated carbocycles. The summed E-state index contributed by atoms with van der Waals surface area (Å²) in [6, 6.07) is 5.90. The third-order valence-electron chi connectivity index (χ3n) is 2.75. The fourth-order valence-electron chi connectivity index (χ4n) is 1.82. The van der Waals surface area contributed by atoms with Gasteiger partial charge in [0.2, 0.25) is 18.6 Å². The molecule has 0 saturated heterocycles. The highest BCUT2D eigenvalue weighted by Crippen LogP contribution is 2.32. The molecule has 2 heterocycles. The Balaban J connectivity index is 1.66. The van der Waals surface area contributed by atoms with Gasteiger partial charge in [-0.1, -0.05) is 6.07 Å². The molecule has 6 heteroatoms. The van der Waals surface area contributed by atoms with Crippen molar-refractivity contribution in [1.29, 1.82) is 0 Å². The van der Waals surface area contributed by atoms with Crippen molar-refractivity contribution in [1.82, 2.24) is 10.2 Å². The van der Waals surface area contributed by atoms with Crippen LogP contribution in [0, 0.1) is 0 Å². The van der Waals surface area contributed by atoms with Gasteiger partial charge in [0.25, 0.3) is 0 Å². The van der Waals surface area contributed by atoms with Crippen LogP contribution >= 0.6 is 0 Å². The number of rotatable bonds is 4. The van der Waals surface area contributed by atoms with Crippen LogP contribution in [0.2, 0.25) is 0 Å². The van der Waals surface area contributed by atoms with E-state index in [1.165, 1.54) is 0 Å². The Morgan fingerprint density at radius 3 is 2.72 bits per heavy atom. The number of ether oxygens (including phenoxy) is 2. The molecule has 3 rings (SSSR count). The first-order valence-electron chi connectivity index (χ1n) is 5.75. The van der Waals surface area contributed by atoms with E-state index in [0.29, 0.717) is 25.0 Å². The van der Waals surface area contributed by atoms with Gasteiger partial charge in [-0.3, -0.25) is 0 Å². The summed E-state index contributed by atoms with van der Waals surface area (Å²) < 4.78 is 15.9. The summed E-state index contributed by atoms with van der Waals surface area (Å²) in [5.41, 5.74) is 6.55. The first kappa shape index (κ1) is 11.0. The van der Waals surface area contributed by atoms with Crippen LogP contribution in [0.4, 0.5) is 0 Å². The van der Waals surface area contributed by atoms with E-state index in [4.69, 9.17) is 19.6 Å². The number of hydrogen-bond donors (Lipinski definition) is 1. The molecule has 1 aliphatic rings. The largest absolute Gasteiger partial charge is 0.454 e. The molecule has 0 aliphatic carbocycles. The standard InChI is InChI=1S/C12H13N3O3/c13-6-12-15-14-11(18-12)4-2-8-1-3-9-10(5-8)17-7-16-9/h1,3,5H,2,4,6-7,13H2. The third-order valence-corrected chi connectivity index (χ3v) is 2.75. The van der Waals surface area contributed by atoms with Crippen LogP contribution in [-0.2, 0) is 19.4 Å². The number of aryl methyl sites for hydroxylation is 2. The fourth-order valence-corrected chi connectivity index (χ4v) is 1.82. The van der Waals surface area contributed by atoms with Gasteiger partial charge in [0.15, 0.2) is 11.5 Å². The summed E-state index contributed by atoms with van der Waals surface area (Å²) in [4.78, 5) is 0. The van der Waals surface area contributed by atoms with E-state index in [1.54, 1.807) is 0 Å². The molecule has 1 aliphatic heterocycles. The van der Waals surface area contributed by atoms with Gasteiger partial charge in [0.05, 0.1) is 6.54 Å². The lowest BCUT2D eigenvalue weighted by Gasteiger charge is -2.00. The van der Waals surface area contributed by atoms with Crippen LogP contribution in [0.1, 0.15) is 17.3 Å². The van der Waals surface area contributed by atoms with Gasteiger partial charge >= 0.3 is 0 Å². The third kappa shape index (κ3) is 2.14. The second kappa shape index (κ2) is 4.66. The quantitative estimate of drug-likeness (QED) is 0.869. The van der Waals surface area contributed by atoms with Crippen molar-refractivity contribution < 1.29 is 13.9 Å². The average Bonchev–Trinajstić information content (AvgIpc) is 3.04. The zero-order valence-electron chi connectivity index (χ0n) is 9.76. The molecule has 0 bridgehead atoms. The molecule has 6 nitrogen and oxygen atoms in total. The topological polar surface area (TPSA) is 83.4 Å². The average molecular weight is 247 g/mol. The molecular formula is C12H13N3O3. The summed E-state index contributed by atoms with van der Waals surface area (Å²) in [5.74, 6) is 2.66. The fraction of sp³-hybridized carbons (Fsp3) is 0.333. The molecule has 0 atom stereocenters. The normalized spacial score (nSPS) is 12.9. The maximum atomic E-state index is 5.41. The highest BCUT2D eigenvalue weighted by atomic mass is 16.7. The number of nitrogens with two attached hydrogens (primary N) is 1. The molecule has 1 aromatic heterocycles. The van der Waals surface area contributed by atoms with E-state index in [9.17, 15) is 0 Å². The minimum atomic E-state index is 0.275. The summed E-state index contributed by atoms with van der Waals surface area (Å²) in [6.07, 6.45) is 1.50. The van der Waals surface area contributed by atoms with Gasteiger partial charge in [0.1, 0.15) is 0 Å². The number of fused-ring (bicyclic) bond motifs is 1. The molecule has 94 valence electrons. The predicted molar refractivity (Wildman–Crippen MR) is 62.2 cm³/mol. The minimum Gasteiger partial charge on any atom is -0.454 e. The lowest BCUT2D eigenvalue weighted by Crippen LogP contribution is -1.95. The van der Waals surface area contributed by atoms with Gasteiger partial charge in [-0.05, 0) is 24.1 Å². The Morgan fingerprint density at radius 1 is 1.06 bits per heavy atom. The molecule has 0 radical (unpaired) electrons. The van der Waals surface area contributed by atoms with Crippen LogP contribution in [0.5, 0.6) is 11.5 Å². The molecule has 0 fully saturated rings. The van der Waals surface area contributed by atoms with Crippen LogP contribution in [0.3, 0.4) is 0 Å². The van der Waals surface area contributed by atoms with Gasteiger partial charge in [-0.2, -0.15) is 0 Å². The van der Waals surface area contributed by atoms with E-state index >= 15 is 0 Å². The highest BCUT2D eigenvalue weighted by Gasteiger charge is 2.13. The van der Waals surface area contributed by atoms with Crippen molar-refractivity contribution in [3.8, 4) is 11.5 Å². The Bertz CT molecular complexity index is 553. The van der Waals surface area contributed by atoms with Crippen LogP contribution in [0.25, 0.3) is 0 Å². The number of hydrogen-bond acceptors (Lipinski definition) is 6. The molecule has 1 aromatic carbocycles. The highest BCUT2D eigenvalue weighted by molar-refractivity contribution is 5.44. The zero-order chi connectivity index (χ0) is 12.4. The first-order valence-corrected chi connectivity index (χ1v) is 5.75. The predicted octanol–water partition coefficient (Wildman–Crippen LogP) is 1.04. The summed E-state index contributed by atoms with van der Waals surface area (Å²) >= 11 is 0. The Morgan fingerprint density at radius 2 is 1.89 bits per heavy atom. The molecule has 0 spiro atoms. The van der Waals surface area contributed by atoms with Gasteiger partial charge in [-0.15, -0.1) is 10.2 Å². The second-order valence-corrected chi connectivity index (χ2v) is 3.98. The van der Waals surface area contributed by atoms with E-state index in [-0.39, 0.29) is 6.54 Å². The van der Waals surface area contributed by atoms with Crippen molar-refractivity contribution in [3.63, 3.8) is 0 Å². The zero-order valence-corrected chi connectivity index (χ0v) is 9.76. The number of nitrogens with zero attached hydrogens (tertiary/aromatic N) is 2. The molecular weight excluding hydrogens is 234 g/mol. The summed E-state index contributed by atoms with van der Waals surface area (Å²) in [7, 11) is 0. The second-order valence-electron chi connectivity index (χ2n) is 3.98. The van der Waals surface area contributed by atoms with Crippen molar-refractivity contribution in [3.05, 3.63) is 35.5 Å². The van der Waals surface area contributed by atoms with Crippen LogP contribution < -0.4 is 15.2 Å². The molecule has 18 heavy (non-hydrogen) atoms. The van der Waals surface area contributed by atoms with Crippen molar-refractivity contribution in [2.75, 3.05) is 6.79 Å². The lowest BCUT2D eigenvalue weighted by molar-refractivity contribution is 0.174. The molecule has 0 unspecified atom stereocenters. The van der Waals surface area contributed by atoms with Gasteiger partial charge < -0.3 is 19.6 Å². The SMILES string of the molecule is NCc1nnc(CCc2ccc3c(c2)OCO3)o1. The van der Waals surface area contributed by atoms with Gasteiger partial charge in [-0.25, -0.2) is 0 Å². The summed E-state index contributed by atoms with van der Waals surface area (Å²) in [6.45, 7) is 0.569. The van der Waals surface area contributed by atoms with Crippen LogP contribution in [0.15, 0.2) is 22.6 Å². The maximum Gasteiger partial charge on any atom is 0.231 e. The number of aromatic nitrogens is 2. The lowest BCUT2D eigenvalue weighted by atomic mass is 10.1. The van der Waals surface area contributed by atoms with E-state index in [1.807, 2.05) is 18.2 Å². The van der Waals surface area contributed by atoms with Gasteiger partial charge in [0, 0.05) is 6.42 Å².